The standard InChI is InChI=1S/C19H14FN5O/c1-26-14-5-6-16-15(9-14)19(24-17-7-4-13(20)11-22-17)25-18(23-16)12-3-2-8-21-10-12/h2-11H,1H3,(H,22,23,24,25). The molecule has 1 aromatic carbocycles. The van der Waals surface area contributed by atoms with Crippen molar-refractivity contribution in [3.63, 3.8) is 0 Å². The van der Waals surface area contributed by atoms with Crippen LogP contribution in [0.2, 0.25) is 0 Å². The van der Waals surface area contributed by atoms with Crippen molar-refractivity contribution in [3.8, 4) is 17.1 Å². The maximum absolute atomic E-state index is 13.1. The van der Waals surface area contributed by atoms with Crippen LogP contribution in [0.5, 0.6) is 5.75 Å². The third kappa shape index (κ3) is 3.14. The van der Waals surface area contributed by atoms with Crippen LogP contribution in [0.1, 0.15) is 0 Å². The predicted molar refractivity (Wildman–Crippen MR) is 96.8 cm³/mol. The fraction of sp³-hybridized carbons (Fsp3) is 0.0526. The fourth-order valence-corrected chi connectivity index (χ4v) is 2.52. The molecule has 0 aliphatic carbocycles. The number of nitrogens with one attached hydrogen (secondary N) is 1. The molecule has 6 nitrogen and oxygen atoms in total. The normalized spacial score (nSPS) is 10.7. The molecule has 0 saturated heterocycles. The van der Waals surface area contributed by atoms with Crippen molar-refractivity contribution in [1.82, 2.24) is 19.9 Å². The molecule has 0 amide bonds. The second kappa shape index (κ2) is 6.72. The minimum atomic E-state index is -0.402. The first-order chi connectivity index (χ1) is 12.7. The number of rotatable bonds is 4. The molecule has 0 spiro atoms. The highest BCUT2D eigenvalue weighted by molar-refractivity contribution is 5.93. The number of anilines is 2. The Balaban J connectivity index is 1.87. The highest BCUT2D eigenvalue weighted by Crippen LogP contribution is 2.29. The van der Waals surface area contributed by atoms with E-state index in [0.29, 0.717) is 23.2 Å². The van der Waals surface area contributed by atoms with Gasteiger partial charge >= 0.3 is 0 Å². The molecule has 26 heavy (non-hydrogen) atoms. The summed E-state index contributed by atoms with van der Waals surface area (Å²) in [5.41, 5.74) is 1.53. The summed E-state index contributed by atoms with van der Waals surface area (Å²) in [6.07, 6.45) is 4.54. The molecule has 128 valence electrons. The Kier molecular flexibility index (Phi) is 4.10. The molecular formula is C19H14FN5O. The molecule has 7 heteroatoms. The number of hydrogen-bond donors (Lipinski definition) is 1. The Morgan fingerprint density at radius 3 is 2.69 bits per heavy atom. The fourth-order valence-electron chi connectivity index (χ4n) is 2.52. The zero-order valence-electron chi connectivity index (χ0n) is 13.8. The molecule has 0 bridgehead atoms. The number of hydrogen-bond acceptors (Lipinski definition) is 6. The number of ether oxygens (including phenoxy) is 1. The largest absolute Gasteiger partial charge is 0.497 e. The van der Waals surface area contributed by atoms with Gasteiger partial charge in [-0.3, -0.25) is 4.98 Å². The van der Waals surface area contributed by atoms with Gasteiger partial charge in [0.05, 0.1) is 18.8 Å². The van der Waals surface area contributed by atoms with E-state index in [4.69, 9.17) is 4.74 Å². The van der Waals surface area contributed by atoms with Gasteiger partial charge in [0.2, 0.25) is 0 Å². The van der Waals surface area contributed by atoms with Crippen molar-refractivity contribution in [2.45, 2.75) is 0 Å². The van der Waals surface area contributed by atoms with Crippen molar-refractivity contribution in [2.75, 3.05) is 12.4 Å². The lowest BCUT2D eigenvalue weighted by molar-refractivity contribution is 0.415. The first-order valence-corrected chi connectivity index (χ1v) is 7.88. The van der Waals surface area contributed by atoms with E-state index in [-0.39, 0.29) is 0 Å². The number of fused-ring (bicyclic) bond motifs is 1. The van der Waals surface area contributed by atoms with Gasteiger partial charge in [-0.1, -0.05) is 0 Å². The molecule has 0 fully saturated rings. The minimum Gasteiger partial charge on any atom is -0.497 e. The molecule has 4 rings (SSSR count). The first kappa shape index (κ1) is 15.9. The molecular weight excluding hydrogens is 333 g/mol. The van der Waals surface area contributed by atoms with Gasteiger partial charge in [-0.05, 0) is 42.5 Å². The Morgan fingerprint density at radius 1 is 1.04 bits per heavy atom. The van der Waals surface area contributed by atoms with Crippen LogP contribution < -0.4 is 10.1 Å². The summed E-state index contributed by atoms with van der Waals surface area (Å²) in [4.78, 5) is 17.4. The summed E-state index contributed by atoms with van der Waals surface area (Å²) in [5, 5.41) is 3.90. The lowest BCUT2D eigenvalue weighted by Crippen LogP contribution is -2.01. The Morgan fingerprint density at radius 2 is 1.96 bits per heavy atom. The van der Waals surface area contributed by atoms with Crippen LogP contribution in [0.3, 0.4) is 0 Å². The molecule has 0 unspecified atom stereocenters. The molecule has 4 aromatic rings. The molecule has 0 saturated carbocycles. The second-order valence-corrected chi connectivity index (χ2v) is 5.51. The van der Waals surface area contributed by atoms with E-state index in [1.54, 1.807) is 25.6 Å². The molecule has 0 aliphatic heterocycles. The average molecular weight is 347 g/mol. The zero-order chi connectivity index (χ0) is 17.9. The Hall–Kier alpha value is -3.61. The monoisotopic (exact) mass is 347 g/mol. The van der Waals surface area contributed by atoms with Crippen LogP contribution in [0.4, 0.5) is 16.0 Å². The number of nitrogens with zero attached hydrogens (tertiary/aromatic N) is 4. The quantitative estimate of drug-likeness (QED) is 0.602. The van der Waals surface area contributed by atoms with E-state index < -0.39 is 5.82 Å². The molecule has 0 aliphatic rings. The van der Waals surface area contributed by atoms with Gasteiger partial charge in [0.15, 0.2) is 5.82 Å². The molecule has 3 heterocycles. The molecule has 0 atom stereocenters. The van der Waals surface area contributed by atoms with Crippen LogP contribution >= 0.6 is 0 Å². The maximum Gasteiger partial charge on any atom is 0.163 e. The van der Waals surface area contributed by atoms with E-state index in [1.165, 1.54) is 6.07 Å². The number of methoxy groups -OCH3 is 1. The topological polar surface area (TPSA) is 72.8 Å². The molecule has 3 aromatic heterocycles. The summed E-state index contributed by atoms with van der Waals surface area (Å²) in [7, 11) is 1.60. The van der Waals surface area contributed by atoms with Gasteiger partial charge in [0, 0.05) is 23.3 Å². The summed E-state index contributed by atoms with van der Waals surface area (Å²) >= 11 is 0. The van der Waals surface area contributed by atoms with Crippen molar-refractivity contribution < 1.29 is 9.13 Å². The molecule has 1 N–H and O–H groups in total. The highest BCUT2D eigenvalue weighted by Gasteiger charge is 2.11. The Labute approximate surface area is 148 Å². The average Bonchev–Trinajstić information content (AvgIpc) is 2.70. The van der Waals surface area contributed by atoms with Crippen molar-refractivity contribution >= 4 is 22.5 Å². The summed E-state index contributed by atoms with van der Waals surface area (Å²) < 4.78 is 18.4. The number of pyridine rings is 2. The van der Waals surface area contributed by atoms with E-state index in [0.717, 1.165) is 22.7 Å². The summed E-state index contributed by atoms with van der Waals surface area (Å²) in [6.45, 7) is 0. The van der Waals surface area contributed by atoms with E-state index in [9.17, 15) is 4.39 Å². The molecule has 0 radical (unpaired) electrons. The smallest absolute Gasteiger partial charge is 0.163 e. The van der Waals surface area contributed by atoms with Gasteiger partial charge < -0.3 is 10.1 Å². The lowest BCUT2D eigenvalue weighted by atomic mass is 10.2. The highest BCUT2D eigenvalue weighted by atomic mass is 19.1. The lowest BCUT2D eigenvalue weighted by Gasteiger charge is -2.11. The van der Waals surface area contributed by atoms with E-state index in [2.05, 4.69) is 25.3 Å². The number of halogens is 1. The summed E-state index contributed by atoms with van der Waals surface area (Å²) in [6, 6.07) is 12.1. The Bertz CT molecular complexity index is 1050. The van der Waals surface area contributed by atoms with Crippen molar-refractivity contribution in [1.29, 1.82) is 0 Å². The second-order valence-electron chi connectivity index (χ2n) is 5.51. The van der Waals surface area contributed by atoms with Gasteiger partial charge in [-0.15, -0.1) is 0 Å². The first-order valence-electron chi connectivity index (χ1n) is 7.88. The zero-order valence-corrected chi connectivity index (χ0v) is 13.8. The van der Waals surface area contributed by atoms with Gasteiger partial charge in [-0.25, -0.2) is 19.3 Å². The third-order valence-electron chi connectivity index (χ3n) is 3.80. The van der Waals surface area contributed by atoms with Crippen molar-refractivity contribution in [2.24, 2.45) is 0 Å². The van der Waals surface area contributed by atoms with Crippen LogP contribution in [-0.2, 0) is 0 Å². The van der Waals surface area contributed by atoms with Crippen LogP contribution in [0, 0.1) is 5.82 Å². The third-order valence-corrected chi connectivity index (χ3v) is 3.80. The van der Waals surface area contributed by atoms with Crippen LogP contribution in [0.25, 0.3) is 22.3 Å². The van der Waals surface area contributed by atoms with Crippen molar-refractivity contribution in [3.05, 3.63) is 66.9 Å². The van der Waals surface area contributed by atoms with Gasteiger partial charge in [0.25, 0.3) is 0 Å². The predicted octanol–water partition coefficient (Wildman–Crippen LogP) is 3.98. The van der Waals surface area contributed by atoms with Gasteiger partial charge in [0.1, 0.15) is 23.2 Å². The SMILES string of the molecule is COc1ccc2nc(-c3cccnc3)nc(Nc3ccc(F)cn3)c2c1. The maximum atomic E-state index is 13.1. The van der Waals surface area contributed by atoms with E-state index >= 15 is 0 Å². The summed E-state index contributed by atoms with van der Waals surface area (Å²) in [5.74, 6) is 1.84. The van der Waals surface area contributed by atoms with E-state index in [1.807, 2.05) is 30.3 Å². The minimum absolute atomic E-state index is 0.402. The number of benzene rings is 1. The van der Waals surface area contributed by atoms with Crippen LogP contribution in [0.15, 0.2) is 61.1 Å². The van der Waals surface area contributed by atoms with Gasteiger partial charge in [-0.2, -0.15) is 0 Å². The van der Waals surface area contributed by atoms with Crippen LogP contribution in [-0.4, -0.2) is 27.0 Å². The number of aromatic nitrogens is 4.